The van der Waals surface area contributed by atoms with Gasteiger partial charge in [0.15, 0.2) is 5.78 Å². The SMILES string of the molecule is COCC(N)CC(=O)c1cccc2ccccc12. The number of carbonyl (C=O) groups is 1. The van der Waals surface area contributed by atoms with Crippen LogP contribution in [0.5, 0.6) is 0 Å². The molecule has 0 radical (unpaired) electrons. The summed E-state index contributed by atoms with van der Waals surface area (Å²) < 4.78 is 4.95. The number of methoxy groups -OCH3 is 1. The van der Waals surface area contributed by atoms with Crippen molar-refractivity contribution in [2.75, 3.05) is 13.7 Å². The Kier molecular flexibility index (Phi) is 4.07. The quantitative estimate of drug-likeness (QED) is 0.820. The van der Waals surface area contributed by atoms with E-state index in [4.69, 9.17) is 10.5 Å². The van der Waals surface area contributed by atoms with Crippen molar-refractivity contribution in [3.8, 4) is 0 Å². The number of ether oxygens (including phenoxy) is 1. The molecule has 0 aliphatic carbocycles. The molecule has 18 heavy (non-hydrogen) atoms. The van der Waals surface area contributed by atoms with Crippen molar-refractivity contribution in [2.24, 2.45) is 5.73 Å². The lowest BCUT2D eigenvalue weighted by molar-refractivity contribution is 0.0951. The fraction of sp³-hybridized carbons (Fsp3) is 0.267. The van der Waals surface area contributed by atoms with Crippen LogP contribution in [-0.2, 0) is 4.74 Å². The first-order valence-corrected chi connectivity index (χ1v) is 5.98. The Hall–Kier alpha value is -1.71. The summed E-state index contributed by atoms with van der Waals surface area (Å²) in [6, 6.07) is 13.4. The second kappa shape index (κ2) is 5.76. The van der Waals surface area contributed by atoms with Crippen molar-refractivity contribution in [3.63, 3.8) is 0 Å². The number of fused-ring (bicyclic) bond motifs is 1. The Morgan fingerprint density at radius 3 is 2.72 bits per heavy atom. The highest BCUT2D eigenvalue weighted by Gasteiger charge is 2.13. The van der Waals surface area contributed by atoms with Crippen molar-refractivity contribution in [1.82, 2.24) is 0 Å². The predicted octanol–water partition coefficient (Wildman–Crippen LogP) is 2.39. The van der Waals surface area contributed by atoms with Crippen molar-refractivity contribution >= 4 is 16.6 Å². The van der Waals surface area contributed by atoms with E-state index in [0.717, 1.165) is 16.3 Å². The van der Waals surface area contributed by atoms with Gasteiger partial charge >= 0.3 is 0 Å². The number of carbonyl (C=O) groups excluding carboxylic acids is 1. The Morgan fingerprint density at radius 2 is 1.94 bits per heavy atom. The van der Waals surface area contributed by atoms with Crippen LogP contribution >= 0.6 is 0 Å². The van der Waals surface area contributed by atoms with E-state index in [1.165, 1.54) is 0 Å². The molecule has 0 heterocycles. The van der Waals surface area contributed by atoms with Gasteiger partial charge in [0.1, 0.15) is 0 Å². The lowest BCUT2D eigenvalue weighted by Crippen LogP contribution is -2.28. The molecule has 94 valence electrons. The molecule has 0 amide bonds. The summed E-state index contributed by atoms with van der Waals surface area (Å²) in [6.45, 7) is 0.399. The molecule has 3 nitrogen and oxygen atoms in total. The van der Waals surface area contributed by atoms with Crippen LogP contribution in [-0.4, -0.2) is 25.5 Å². The first-order chi connectivity index (χ1) is 8.72. The van der Waals surface area contributed by atoms with Crippen LogP contribution in [0.25, 0.3) is 10.8 Å². The molecular weight excluding hydrogens is 226 g/mol. The van der Waals surface area contributed by atoms with Gasteiger partial charge in [-0.15, -0.1) is 0 Å². The molecule has 0 saturated carbocycles. The summed E-state index contributed by atoms with van der Waals surface area (Å²) in [4.78, 5) is 12.2. The molecule has 2 aromatic rings. The van der Waals surface area contributed by atoms with Gasteiger partial charge in [-0.1, -0.05) is 42.5 Å². The third-order valence-electron chi connectivity index (χ3n) is 2.92. The zero-order chi connectivity index (χ0) is 13.0. The number of hydrogen-bond donors (Lipinski definition) is 1. The summed E-state index contributed by atoms with van der Waals surface area (Å²) in [7, 11) is 1.59. The van der Waals surface area contributed by atoms with Crippen molar-refractivity contribution in [2.45, 2.75) is 12.5 Å². The van der Waals surface area contributed by atoms with E-state index in [1.807, 2.05) is 42.5 Å². The summed E-state index contributed by atoms with van der Waals surface area (Å²) >= 11 is 0. The predicted molar refractivity (Wildman–Crippen MR) is 72.7 cm³/mol. The molecule has 2 aromatic carbocycles. The normalized spacial score (nSPS) is 12.6. The molecule has 1 unspecified atom stereocenters. The molecule has 3 heteroatoms. The molecule has 0 fully saturated rings. The molecule has 2 N–H and O–H groups in total. The molecule has 2 rings (SSSR count). The molecule has 1 atom stereocenters. The minimum atomic E-state index is -0.249. The van der Waals surface area contributed by atoms with Crippen LogP contribution in [0.2, 0.25) is 0 Å². The first-order valence-electron chi connectivity index (χ1n) is 5.98. The number of rotatable bonds is 5. The Balaban J connectivity index is 2.28. The van der Waals surface area contributed by atoms with Gasteiger partial charge in [-0.3, -0.25) is 4.79 Å². The van der Waals surface area contributed by atoms with Gasteiger partial charge in [0.2, 0.25) is 0 Å². The molecule has 0 aromatic heterocycles. The molecule has 0 saturated heterocycles. The minimum absolute atomic E-state index is 0.0661. The standard InChI is InChI=1S/C15H17NO2/c1-18-10-12(16)9-15(17)14-8-4-6-11-5-2-3-7-13(11)14/h2-8,12H,9-10,16H2,1H3. The summed E-state index contributed by atoms with van der Waals surface area (Å²) in [5.74, 6) is 0.0661. The summed E-state index contributed by atoms with van der Waals surface area (Å²) in [6.07, 6.45) is 0.307. The Morgan fingerprint density at radius 1 is 1.22 bits per heavy atom. The number of ketones is 1. The van der Waals surface area contributed by atoms with Crippen LogP contribution in [0.15, 0.2) is 42.5 Å². The number of benzene rings is 2. The van der Waals surface area contributed by atoms with Gasteiger partial charge in [0, 0.05) is 25.1 Å². The van der Waals surface area contributed by atoms with E-state index in [9.17, 15) is 4.79 Å². The number of nitrogens with two attached hydrogens (primary N) is 1. The fourth-order valence-electron chi connectivity index (χ4n) is 2.09. The highest BCUT2D eigenvalue weighted by atomic mass is 16.5. The van der Waals surface area contributed by atoms with Crippen LogP contribution in [0, 0.1) is 0 Å². The van der Waals surface area contributed by atoms with Crippen LogP contribution < -0.4 is 5.73 Å². The van der Waals surface area contributed by atoms with E-state index in [2.05, 4.69) is 0 Å². The van der Waals surface area contributed by atoms with Crippen molar-refractivity contribution in [1.29, 1.82) is 0 Å². The second-order valence-corrected chi connectivity index (χ2v) is 4.37. The van der Waals surface area contributed by atoms with Crippen LogP contribution in [0.1, 0.15) is 16.8 Å². The van der Waals surface area contributed by atoms with E-state index in [1.54, 1.807) is 7.11 Å². The molecule has 0 aliphatic heterocycles. The lowest BCUT2D eigenvalue weighted by Gasteiger charge is -2.10. The van der Waals surface area contributed by atoms with Crippen LogP contribution in [0.3, 0.4) is 0 Å². The van der Waals surface area contributed by atoms with Gasteiger partial charge in [-0.2, -0.15) is 0 Å². The monoisotopic (exact) mass is 243 g/mol. The Bertz CT molecular complexity index is 546. The smallest absolute Gasteiger partial charge is 0.165 e. The van der Waals surface area contributed by atoms with Gasteiger partial charge < -0.3 is 10.5 Å². The average molecular weight is 243 g/mol. The Labute approximate surface area is 107 Å². The third-order valence-corrected chi connectivity index (χ3v) is 2.92. The maximum atomic E-state index is 12.2. The summed E-state index contributed by atoms with van der Waals surface area (Å²) in [5, 5.41) is 2.05. The maximum absolute atomic E-state index is 12.2. The van der Waals surface area contributed by atoms with Crippen molar-refractivity contribution in [3.05, 3.63) is 48.0 Å². The maximum Gasteiger partial charge on any atom is 0.165 e. The molecule has 0 spiro atoms. The molecular formula is C15H17NO2. The molecule has 0 aliphatic rings. The average Bonchev–Trinajstić information content (AvgIpc) is 2.38. The zero-order valence-corrected chi connectivity index (χ0v) is 10.4. The lowest BCUT2D eigenvalue weighted by atomic mass is 9.98. The largest absolute Gasteiger partial charge is 0.383 e. The van der Waals surface area contributed by atoms with Crippen molar-refractivity contribution < 1.29 is 9.53 Å². The van der Waals surface area contributed by atoms with E-state index >= 15 is 0 Å². The highest BCUT2D eigenvalue weighted by Crippen LogP contribution is 2.20. The first kappa shape index (κ1) is 12.7. The van der Waals surface area contributed by atoms with Gasteiger partial charge in [0.25, 0.3) is 0 Å². The molecule has 0 bridgehead atoms. The number of Topliss-reactive ketones (excluding diaryl/α,β-unsaturated/α-hetero) is 1. The van der Waals surface area contributed by atoms with Crippen LogP contribution in [0.4, 0.5) is 0 Å². The second-order valence-electron chi connectivity index (χ2n) is 4.37. The third kappa shape index (κ3) is 2.75. The van der Waals surface area contributed by atoms with Gasteiger partial charge in [-0.25, -0.2) is 0 Å². The zero-order valence-electron chi connectivity index (χ0n) is 10.4. The fourth-order valence-corrected chi connectivity index (χ4v) is 2.09. The van der Waals surface area contributed by atoms with Gasteiger partial charge in [0.05, 0.1) is 6.61 Å². The van der Waals surface area contributed by atoms with E-state index in [0.29, 0.717) is 13.0 Å². The van der Waals surface area contributed by atoms with E-state index in [-0.39, 0.29) is 11.8 Å². The minimum Gasteiger partial charge on any atom is -0.383 e. The summed E-state index contributed by atoms with van der Waals surface area (Å²) in [5.41, 5.74) is 6.56. The topological polar surface area (TPSA) is 52.3 Å². The van der Waals surface area contributed by atoms with Gasteiger partial charge in [-0.05, 0) is 10.8 Å². The number of hydrogen-bond acceptors (Lipinski definition) is 3. The van der Waals surface area contributed by atoms with E-state index < -0.39 is 0 Å². The highest BCUT2D eigenvalue weighted by molar-refractivity contribution is 6.08.